The van der Waals surface area contributed by atoms with Crippen molar-refractivity contribution < 1.29 is 28.2 Å². The van der Waals surface area contributed by atoms with Crippen LogP contribution in [0, 0.1) is 5.82 Å². The van der Waals surface area contributed by atoms with Crippen LogP contribution < -0.4 is 10.6 Å². The van der Waals surface area contributed by atoms with Gasteiger partial charge in [0.1, 0.15) is 12.4 Å². The van der Waals surface area contributed by atoms with Crippen LogP contribution >= 0.6 is 0 Å². The summed E-state index contributed by atoms with van der Waals surface area (Å²) in [6, 6.07) is 4.54. The lowest BCUT2D eigenvalue weighted by molar-refractivity contribution is -0.151. The summed E-state index contributed by atoms with van der Waals surface area (Å²) in [7, 11) is 1.29. The summed E-state index contributed by atoms with van der Waals surface area (Å²) < 4.78 is 22.2. The van der Waals surface area contributed by atoms with E-state index in [4.69, 9.17) is 0 Å². The third-order valence-electron chi connectivity index (χ3n) is 2.00. The lowest BCUT2D eigenvalue weighted by Crippen LogP contribution is -2.37. The molecule has 0 aliphatic carbocycles. The van der Waals surface area contributed by atoms with Crippen molar-refractivity contribution in [3.05, 3.63) is 30.1 Å². The number of amides is 3. The number of halogens is 1. The number of imide groups is 1. The molecule has 2 N–H and O–H groups in total. The Kier molecular flexibility index (Phi) is 6.11. The van der Waals surface area contributed by atoms with Crippen molar-refractivity contribution in [1.29, 1.82) is 0 Å². The third-order valence-corrected chi connectivity index (χ3v) is 2.00. The minimum Gasteiger partial charge on any atom is -0.454 e. The Labute approximate surface area is 114 Å². The van der Waals surface area contributed by atoms with Gasteiger partial charge >= 0.3 is 12.0 Å². The fourth-order valence-corrected chi connectivity index (χ4v) is 1.18. The minimum atomic E-state index is -0.928. The first-order valence-corrected chi connectivity index (χ1v) is 5.53. The van der Waals surface area contributed by atoms with Crippen LogP contribution in [0.4, 0.5) is 14.9 Å². The number of benzene rings is 1. The number of hydrogen-bond donors (Lipinski definition) is 2. The average molecular weight is 284 g/mol. The predicted octanol–water partition coefficient (Wildman–Crippen LogP) is 0.663. The van der Waals surface area contributed by atoms with E-state index < -0.39 is 30.3 Å². The normalized spacial score (nSPS) is 9.70. The fourth-order valence-electron chi connectivity index (χ4n) is 1.18. The summed E-state index contributed by atoms with van der Waals surface area (Å²) >= 11 is 0. The standard InChI is InChI=1S/C12H13FN2O5/c1-19-7-11(17)20-6-10(16)15-12(18)14-9-5-3-2-4-8(9)13/h2-5H,6-7H2,1H3,(H2,14,15,16,18). The van der Waals surface area contributed by atoms with Gasteiger partial charge in [-0.25, -0.2) is 14.0 Å². The molecule has 1 aromatic carbocycles. The lowest BCUT2D eigenvalue weighted by Gasteiger charge is -2.07. The summed E-state index contributed by atoms with van der Waals surface area (Å²) in [6.07, 6.45) is 0. The van der Waals surface area contributed by atoms with E-state index in [9.17, 15) is 18.8 Å². The number of rotatable bonds is 5. The monoisotopic (exact) mass is 284 g/mol. The molecule has 0 saturated heterocycles. The second-order valence-corrected chi connectivity index (χ2v) is 3.58. The number of urea groups is 1. The molecular weight excluding hydrogens is 271 g/mol. The quantitative estimate of drug-likeness (QED) is 0.775. The summed E-state index contributed by atoms with van der Waals surface area (Å²) in [5.74, 6) is -2.22. The molecule has 0 aromatic heterocycles. The maximum atomic E-state index is 13.2. The molecule has 1 rings (SSSR count). The van der Waals surface area contributed by atoms with Gasteiger partial charge in [-0.3, -0.25) is 10.1 Å². The number of methoxy groups -OCH3 is 1. The van der Waals surface area contributed by atoms with Crippen LogP contribution in [-0.4, -0.2) is 38.2 Å². The molecule has 0 aliphatic heterocycles. The van der Waals surface area contributed by atoms with Crippen LogP contribution in [0.15, 0.2) is 24.3 Å². The largest absolute Gasteiger partial charge is 0.454 e. The van der Waals surface area contributed by atoms with Gasteiger partial charge in [-0.15, -0.1) is 0 Å². The summed E-state index contributed by atoms with van der Waals surface area (Å²) in [6.45, 7) is -0.929. The topological polar surface area (TPSA) is 93.7 Å². The molecule has 108 valence electrons. The van der Waals surface area contributed by atoms with Crippen molar-refractivity contribution in [1.82, 2.24) is 5.32 Å². The maximum Gasteiger partial charge on any atom is 0.332 e. The van der Waals surface area contributed by atoms with Crippen LogP contribution in [0.5, 0.6) is 0 Å². The van der Waals surface area contributed by atoms with Gasteiger partial charge < -0.3 is 14.8 Å². The van der Waals surface area contributed by atoms with Crippen molar-refractivity contribution in [2.75, 3.05) is 25.6 Å². The Morgan fingerprint density at radius 1 is 1.20 bits per heavy atom. The Bertz CT molecular complexity index is 506. The molecule has 0 radical (unpaired) electrons. The predicted molar refractivity (Wildman–Crippen MR) is 66.4 cm³/mol. The van der Waals surface area contributed by atoms with Crippen molar-refractivity contribution >= 4 is 23.6 Å². The molecule has 0 fully saturated rings. The van der Waals surface area contributed by atoms with Crippen molar-refractivity contribution in [3.8, 4) is 0 Å². The number of hydrogen-bond acceptors (Lipinski definition) is 5. The Morgan fingerprint density at radius 2 is 1.90 bits per heavy atom. The zero-order valence-corrected chi connectivity index (χ0v) is 10.6. The average Bonchev–Trinajstić information content (AvgIpc) is 2.39. The van der Waals surface area contributed by atoms with Gasteiger partial charge in [-0.1, -0.05) is 12.1 Å². The number of ether oxygens (including phenoxy) is 2. The number of anilines is 1. The van der Waals surface area contributed by atoms with Crippen LogP contribution in [0.3, 0.4) is 0 Å². The summed E-state index contributed by atoms with van der Waals surface area (Å²) in [4.78, 5) is 33.5. The zero-order chi connectivity index (χ0) is 15.0. The van der Waals surface area contributed by atoms with Crippen LogP contribution in [0.25, 0.3) is 0 Å². The molecule has 0 saturated carbocycles. The lowest BCUT2D eigenvalue weighted by atomic mass is 10.3. The van der Waals surface area contributed by atoms with E-state index in [1.807, 2.05) is 5.32 Å². The van der Waals surface area contributed by atoms with E-state index in [0.29, 0.717) is 0 Å². The van der Waals surface area contributed by atoms with E-state index in [1.54, 1.807) is 0 Å². The van der Waals surface area contributed by atoms with Crippen LogP contribution in [0.2, 0.25) is 0 Å². The molecule has 0 spiro atoms. The van der Waals surface area contributed by atoms with Crippen LogP contribution in [-0.2, 0) is 19.1 Å². The first-order chi connectivity index (χ1) is 9.52. The van der Waals surface area contributed by atoms with Crippen molar-refractivity contribution in [2.24, 2.45) is 0 Å². The molecular formula is C12H13FN2O5. The van der Waals surface area contributed by atoms with Gasteiger partial charge in [-0.05, 0) is 12.1 Å². The van der Waals surface area contributed by atoms with Gasteiger partial charge in [0.05, 0.1) is 5.69 Å². The van der Waals surface area contributed by atoms with Gasteiger partial charge in [0.2, 0.25) is 0 Å². The van der Waals surface area contributed by atoms with E-state index in [1.165, 1.54) is 25.3 Å². The molecule has 0 unspecified atom stereocenters. The number of para-hydroxylation sites is 1. The number of carbonyl (C=O) groups is 3. The molecule has 20 heavy (non-hydrogen) atoms. The van der Waals surface area contributed by atoms with E-state index in [2.05, 4.69) is 14.8 Å². The smallest absolute Gasteiger partial charge is 0.332 e. The fraction of sp³-hybridized carbons (Fsp3) is 0.250. The second kappa shape index (κ2) is 7.85. The Morgan fingerprint density at radius 3 is 2.55 bits per heavy atom. The minimum absolute atomic E-state index is 0.0748. The van der Waals surface area contributed by atoms with E-state index in [0.717, 1.165) is 6.07 Å². The molecule has 8 heteroatoms. The molecule has 0 atom stereocenters. The zero-order valence-electron chi connectivity index (χ0n) is 10.6. The third kappa shape index (κ3) is 5.44. The highest BCUT2D eigenvalue weighted by molar-refractivity contribution is 6.01. The molecule has 1 aromatic rings. The van der Waals surface area contributed by atoms with Gasteiger partial charge in [0.15, 0.2) is 6.61 Å². The van der Waals surface area contributed by atoms with E-state index >= 15 is 0 Å². The molecule has 0 bridgehead atoms. The van der Waals surface area contributed by atoms with Crippen molar-refractivity contribution in [2.45, 2.75) is 0 Å². The van der Waals surface area contributed by atoms with Crippen LogP contribution in [0.1, 0.15) is 0 Å². The maximum absolute atomic E-state index is 13.2. The number of esters is 1. The highest BCUT2D eigenvalue weighted by atomic mass is 19.1. The number of carbonyl (C=O) groups excluding carboxylic acids is 3. The van der Waals surface area contributed by atoms with Gasteiger partial charge in [-0.2, -0.15) is 0 Å². The first-order valence-electron chi connectivity index (χ1n) is 5.53. The summed E-state index contributed by atoms with van der Waals surface area (Å²) in [5.41, 5.74) is -0.0748. The summed E-state index contributed by atoms with van der Waals surface area (Å²) in [5, 5.41) is 4.02. The highest BCUT2D eigenvalue weighted by Crippen LogP contribution is 2.11. The van der Waals surface area contributed by atoms with Crippen molar-refractivity contribution in [3.63, 3.8) is 0 Å². The Hall–Kier alpha value is -2.48. The second-order valence-electron chi connectivity index (χ2n) is 3.58. The first kappa shape index (κ1) is 15.6. The van der Waals surface area contributed by atoms with Gasteiger partial charge in [0.25, 0.3) is 5.91 Å². The van der Waals surface area contributed by atoms with Gasteiger partial charge in [0, 0.05) is 7.11 Å². The molecule has 3 amide bonds. The number of nitrogens with one attached hydrogen (secondary N) is 2. The molecule has 0 aliphatic rings. The Balaban J connectivity index is 2.37. The van der Waals surface area contributed by atoms with E-state index in [-0.39, 0.29) is 12.3 Å². The SMILES string of the molecule is COCC(=O)OCC(=O)NC(=O)Nc1ccccc1F. The molecule has 0 heterocycles. The highest BCUT2D eigenvalue weighted by Gasteiger charge is 2.12. The molecule has 7 nitrogen and oxygen atoms in total.